The number of thiazole rings is 1. The molecule has 2 rings (SSSR count). The number of rotatable bonds is 4. The molecular formula is C14H18N2S. The second-order valence-electron chi connectivity index (χ2n) is 4.55. The number of nitrogens with zero attached hydrogens (tertiary/aromatic N) is 1. The average Bonchev–Trinajstić information content (AvgIpc) is 2.72. The second kappa shape index (κ2) is 5.43. The molecule has 0 amide bonds. The topological polar surface area (TPSA) is 38.9 Å². The van der Waals surface area contributed by atoms with E-state index in [0.717, 1.165) is 12.1 Å². The molecule has 0 radical (unpaired) electrons. The van der Waals surface area contributed by atoms with E-state index < -0.39 is 0 Å². The van der Waals surface area contributed by atoms with Gasteiger partial charge in [-0.05, 0) is 11.5 Å². The van der Waals surface area contributed by atoms with Crippen LogP contribution in [0.2, 0.25) is 0 Å². The molecule has 3 heteroatoms. The van der Waals surface area contributed by atoms with Crippen molar-refractivity contribution >= 4 is 11.3 Å². The van der Waals surface area contributed by atoms with Gasteiger partial charge in [0.2, 0.25) is 0 Å². The van der Waals surface area contributed by atoms with E-state index in [1.54, 1.807) is 11.3 Å². The Morgan fingerprint density at radius 1 is 1.24 bits per heavy atom. The first-order valence-corrected chi connectivity index (χ1v) is 6.76. The second-order valence-corrected chi connectivity index (χ2v) is 5.64. The number of aromatic nitrogens is 1. The molecule has 17 heavy (non-hydrogen) atoms. The van der Waals surface area contributed by atoms with Crippen LogP contribution in [0, 0.1) is 5.92 Å². The lowest BCUT2D eigenvalue weighted by Crippen LogP contribution is -1.99. The number of hydrogen-bond donors (Lipinski definition) is 1. The van der Waals surface area contributed by atoms with Gasteiger partial charge < -0.3 is 5.73 Å². The van der Waals surface area contributed by atoms with Crippen LogP contribution in [0.3, 0.4) is 0 Å². The van der Waals surface area contributed by atoms with E-state index in [-0.39, 0.29) is 0 Å². The van der Waals surface area contributed by atoms with Crippen molar-refractivity contribution in [2.24, 2.45) is 11.7 Å². The van der Waals surface area contributed by atoms with E-state index in [0.29, 0.717) is 12.5 Å². The largest absolute Gasteiger partial charge is 0.325 e. The van der Waals surface area contributed by atoms with Gasteiger partial charge in [-0.3, -0.25) is 0 Å². The predicted molar refractivity (Wildman–Crippen MR) is 74.0 cm³/mol. The van der Waals surface area contributed by atoms with E-state index in [9.17, 15) is 0 Å². The molecule has 0 aliphatic heterocycles. The maximum Gasteiger partial charge on any atom is 0.0937 e. The molecule has 1 aromatic carbocycles. The molecule has 1 aromatic heterocycles. The summed E-state index contributed by atoms with van der Waals surface area (Å²) < 4.78 is 0. The summed E-state index contributed by atoms with van der Waals surface area (Å²) >= 11 is 1.77. The fourth-order valence-electron chi connectivity index (χ4n) is 1.79. The van der Waals surface area contributed by atoms with Crippen molar-refractivity contribution in [3.05, 3.63) is 41.0 Å². The molecule has 0 saturated heterocycles. The van der Waals surface area contributed by atoms with Gasteiger partial charge >= 0.3 is 0 Å². The molecule has 0 unspecified atom stereocenters. The molecule has 0 bridgehead atoms. The number of benzene rings is 1. The van der Waals surface area contributed by atoms with Crippen molar-refractivity contribution in [1.82, 2.24) is 4.98 Å². The Bertz CT molecular complexity index is 474. The van der Waals surface area contributed by atoms with Crippen LogP contribution in [0.4, 0.5) is 0 Å². The average molecular weight is 246 g/mol. The maximum absolute atomic E-state index is 5.78. The van der Waals surface area contributed by atoms with Crippen LogP contribution < -0.4 is 5.73 Å². The minimum Gasteiger partial charge on any atom is -0.325 e. The monoisotopic (exact) mass is 246 g/mol. The fraction of sp³-hybridized carbons (Fsp3) is 0.357. The summed E-state index contributed by atoms with van der Waals surface area (Å²) in [5, 5.41) is 1.19. The summed E-state index contributed by atoms with van der Waals surface area (Å²) in [4.78, 5) is 5.86. The first-order valence-electron chi connectivity index (χ1n) is 5.94. The lowest BCUT2D eigenvalue weighted by atomic mass is 10.1. The van der Waals surface area contributed by atoms with E-state index in [2.05, 4.69) is 43.1 Å². The van der Waals surface area contributed by atoms with Crippen molar-refractivity contribution < 1.29 is 0 Å². The van der Waals surface area contributed by atoms with Gasteiger partial charge in [0.25, 0.3) is 0 Å². The molecule has 2 N–H and O–H groups in total. The maximum atomic E-state index is 5.78. The Labute approximate surface area is 107 Å². The highest BCUT2D eigenvalue weighted by atomic mass is 32.1. The smallest absolute Gasteiger partial charge is 0.0937 e. The van der Waals surface area contributed by atoms with Crippen molar-refractivity contribution in [3.8, 4) is 10.4 Å². The predicted octanol–water partition coefficient (Wildman–Crippen LogP) is 3.47. The third kappa shape index (κ3) is 2.93. The molecular weight excluding hydrogens is 228 g/mol. The van der Waals surface area contributed by atoms with Crippen molar-refractivity contribution in [1.29, 1.82) is 0 Å². The fourth-order valence-corrected chi connectivity index (χ4v) is 3.10. The zero-order valence-corrected chi connectivity index (χ0v) is 11.1. The molecule has 1 heterocycles. The van der Waals surface area contributed by atoms with Gasteiger partial charge in [-0.25, -0.2) is 4.98 Å². The van der Waals surface area contributed by atoms with Crippen LogP contribution in [0.15, 0.2) is 30.3 Å². The van der Waals surface area contributed by atoms with Gasteiger partial charge in [-0.1, -0.05) is 44.2 Å². The SMILES string of the molecule is CC(C)Cc1nc(CN)c(-c2ccccc2)s1. The van der Waals surface area contributed by atoms with Gasteiger partial charge in [0.05, 0.1) is 15.6 Å². The lowest BCUT2D eigenvalue weighted by Gasteiger charge is -1.98. The standard InChI is InChI=1S/C14H18N2S/c1-10(2)8-13-16-12(9-15)14(17-13)11-6-4-3-5-7-11/h3-7,10H,8-9,15H2,1-2H3. The Kier molecular flexibility index (Phi) is 3.92. The first kappa shape index (κ1) is 12.3. The normalized spacial score (nSPS) is 11.1. The summed E-state index contributed by atoms with van der Waals surface area (Å²) in [7, 11) is 0. The summed E-state index contributed by atoms with van der Waals surface area (Å²) in [5.41, 5.74) is 8.02. The molecule has 0 fully saturated rings. The number of hydrogen-bond acceptors (Lipinski definition) is 3. The van der Waals surface area contributed by atoms with Crippen LogP contribution in [0.1, 0.15) is 24.5 Å². The van der Waals surface area contributed by atoms with Crippen LogP contribution in [0.5, 0.6) is 0 Å². The summed E-state index contributed by atoms with van der Waals surface area (Å²) in [6, 6.07) is 10.4. The highest BCUT2D eigenvalue weighted by Crippen LogP contribution is 2.31. The zero-order chi connectivity index (χ0) is 12.3. The quantitative estimate of drug-likeness (QED) is 0.897. The Morgan fingerprint density at radius 3 is 2.53 bits per heavy atom. The highest BCUT2D eigenvalue weighted by Gasteiger charge is 2.12. The van der Waals surface area contributed by atoms with Gasteiger partial charge in [0, 0.05) is 13.0 Å². The number of nitrogens with two attached hydrogens (primary N) is 1. The summed E-state index contributed by atoms with van der Waals surface area (Å²) in [6.07, 6.45) is 1.03. The third-order valence-electron chi connectivity index (χ3n) is 2.55. The minimum absolute atomic E-state index is 0.513. The van der Waals surface area contributed by atoms with E-state index in [4.69, 9.17) is 5.73 Å². The molecule has 0 saturated carbocycles. The van der Waals surface area contributed by atoms with E-state index in [1.807, 2.05) is 6.07 Å². The summed E-state index contributed by atoms with van der Waals surface area (Å²) in [5.74, 6) is 0.635. The van der Waals surface area contributed by atoms with Crippen molar-refractivity contribution in [2.75, 3.05) is 0 Å². The molecule has 0 atom stereocenters. The van der Waals surface area contributed by atoms with Crippen LogP contribution in [0.25, 0.3) is 10.4 Å². The first-order chi connectivity index (χ1) is 8.20. The van der Waals surface area contributed by atoms with Crippen molar-refractivity contribution in [2.45, 2.75) is 26.8 Å². The van der Waals surface area contributed by atoms with Gasteiger partial charge in [-0.2, -0.15) is 0 Å². The molecule has 0 spiro atoms. The summed E-state index contributed by atoms with van der Waals surface area (Å²) in [6.45, 7) is 4.94. The minimum atomic E-state index is 0.513. The zero-order valence-electron chi connectivity index (χ0n) is 10.3. The Morgan fingerprint density at radius 2 is 1.94 bits per heavy atom. The Hall–Kier alpha value is -1.19. The van der Waals surface area contributed by atoms with Gasteiger partial charge in [-0.15, -0.1) is 11.3 Å². The van der Waals surface area contributed by atoms with Crippen LogP contribution >= 0.6 is 11.3 Å². The molecule has 2 nitrogen and oxygen atoms in total. The van der Waals surface area contributed by atoms with Crippen LogP contribution in [-0.4, -0.2) is 4.98 Å². The molecule has 0 aliphatic carbocycles. The van der Waals surface area contributed by atoms with E-state index in [1.165, 1.54) is 15.4 Å². The molecule has 90 valence electrons. The van der Waals surface area contributed by atoms with Crippen LogP contribution in [-0.2, 0) is 13.0 Å². The third-order valence-corrected chi connectivity index (χ3v) is 3.72. The lowest BCUT2D eigenvalue weighted by molar-refractivity contribution is 0.643. The Balaban J connectivity index is 2.36. The van der Waals surface area contributed by atoms with Gasteiger partial charge in [0.15, 0.2) is 0 Å². The molecule has 0 aliphatic rings. The van der Waals surface area contributed by atoms with Crippen molar-refractivity contribution in [3.63, 3.8) is 0 Å². The molecule has 2 aromatic rings. The highest BCUT2D eigenvalue weighted by molar-refractivity contribution is 7.15. The van der Waals surface area contributed by atoms with E-state index >= 15 is 0 Å². The van der Waals surface area contributed by atoms with Gasteiger partial charge in [0.1, 0.15) is 0 Å².